The third-order valence-corrected chi connectivity index (χ3v) is 2.63. The van der Waals surface area contributed by atoms with Gasteiger partial charge in [-0.2, -0.15) is 0 Å². The van der Waals surface area contributed by atoms with E-state index in [1.54, 1.807) is 6.92 Å². The minimum absolute atomic E-state index is 0.0923. The Morgan fingerprint density at radius 2 is 2.20 bits per heavy atom. The Labute approximate surface area is 93.6 Å². The van der Waals surface area contributed by atoms with Crippen LogP contribution in [0, 0.1) is 6.92 Å². The van der Waals surface area contributed by atoms with Crippen molar-refractivity contribution in [3.63, 3.8) is 0 Å². The second-order valence-corrected chi connectivity index (χ2v) is 3.55. The number of carbonyl (C=O) groups is 1. The maximum atomic E-state index is 12.4. The summed E-state index contributed by atoms with van der Waals surface area (Å²) in [5.74, 6) is -0.655. The highest BCUT2D eigenvalue weighted by Crippen LogP contribution is 2.25. The average molecular weight is 280 g/mol. The zero-order valence-corrected chi connectivity index (χ0v) is 9.64. The van der Waals surface area contributed by atoms with Gasteiger partial charge < -0.3 is 4.74 Å². The molecule has 0 aliphatic heterocycles. The summed E-state index contributed by atoms with van der Waals surface area (Å²) < 4.78 is 29.5. The number of aromatic nitrogens is 1. The predicted octanol–water partition coefficient (Wildman–Crippen LogP) is 2.88. The van der Waals surface area contributed by atoms with Crippen LogP contribution in [0.3, 0.4) is 0 Å². The van der Waals surface area contributed by atoms with Crippen LogP contribution in [0.2, 0.25) is 0 Å². The number of rotatable bonds is 2. The van der Waals surface area contributed by atoms with Crippen molar-refractivity contribution in [2.24, 2.45) is 0 Å². The Balaban J connectivity index is 3.31. The minimum atomic E-state index is -2.72. The molecule has 0 N–H and O–H groups in total. The standard InChI is InChI=1S/C9H8BrF2NO2/c1-4-5(9(14)15-2)3-6(8(11)12)13-7(4)10/h3,8H,1-2H3. The van der Waals surface area contributed by atoms with E-state index in [9.17, 15) is 13.6 Å². The lowest BCUT2D eigenvalue weighted by molar-refractivity contribution is 0.0599. The van der Waals surface area contributed by atoms with E-state index in [0.29, 0.717) is 5.56 Å². The summed E-state index contributed by atoms with van der Waals surface area (Å²) in [5.41, 5.74) is 0.119. The van der Waals surface area contributed by atoms with Gasteiger partial charge in [-0.05, 0) is 34.5 Å². The first-order chi connectivity index (χ1) is 6.97. The fraction of sp³-hybridized carbons (Fsp3) is 0.333. The molecule has 82 valence electrons. The Hall–Kier alpha value is -1.04. The van der Waals surface area contributed by atoms with Crippen LogP contribution in [0.5, 0.6) is 0 Å². The van der Waals surface area contributed by atoms with Crippen molar-refractivity contribution in [3.05, 3.63) is 27.5 Å². The van der Waals surface area contributed by atoms with E-state index in [-0.39, 0.29) is 10.2 Å². The molecular formula is C9H8BrF2NO2. The Bertz CT molecular complexity index is 396. The maximum Gasteiger partial charge on any atom is 0.338 e. The number of hydrogen-bond acceptors (Lipinski definition) is 3. The van der Waals surface area contributed by atoms with Gasteiger partial charge in [0.2, 0.25) is 0 Å². The van der Waals surface area contributed by atoms with E-state index in [2.05, 4.69) is 25.7 Å². The zero-order valence-electron chi connectivity index (χ0n) is 8.05. The summed E-state index contributed by atoms with van der Waals surface area (Å²) in [7, 11) is 1.19. The number of alkyl halides is 2. The fourth-order valence-corrected chi connectivity index (χ4v) is 1.45. The number of halogens is 3. The van der Waals surface area contributed by atoms with Crippen molar-refractivity contribution >= 4 is 21.9 Å². The Morgan fingerprint density at radius 1 is 1.60 bits per heavy atom. The van der Waals surface area contributed by atoms with Gasteiger partial charge in [-0.15, -0.1) is 0 Å². The van der Waals surface area contributed by atoms with E-state index in [1.807, 2.05) is 0 Å². The maximum absolute atomic E-state index is 12.4. The molecular weight excluding hydrogens is 272 g/mol. The molecule has 3 nitrogen and oxygen atoms in total. The van der Waals surface area contributed by atoms with Gasteiger partial charge in [0.05, 0.1) is 12.7 Å². The number of methoxy groups -OCH3 is 1. The van der Waals surface area contributed by atoms with Gasteiger partial charge in [0.15, 0.2) is 0 Å². The molecule has 0 bridgehead atoms. The lowest BCUT2D eigenvalue weighted by Gasteiger charge is -2.08. The van der Waals surface area contributed by atoms with Gasteiger partial charge in [-0.1, -0.05) is 0 Å². The number of pyridine rings is 1. The van der Waals surface area contributed by atoms with Crippen molar-refractivity contribution in [2.75, 3.05) is 7.11 Å². The first-order valence-corrected chi connectivity index (χ1v) is 4.80. The van der Waals surface area contributed by atoms with Gasteiger partial charge >= 0.3 is 5.97 Å². The summed E-state index contributed by atoms with van der Waals surface area (Å²) in [4.78, 5) is 14.9. The van der Waals surface area contributed by atoms with E-state index in [0.717, 1.165) is 6.07 Å². The molecule has 0 amide bonds. The van der Waals surface area contributed by atoms with Crippen molar-refractivity contribution in [2.45, 2.75) is 13.3 Å². The fourth-order valence-electron chi connectivity index (χ4n) is 1.03. The Morgan fingerprint density at radius 3 is 2.67 bits per heavy atom. The third kappa shape index (κ3) is 2.50. The van der Waals surface area contributed by atoms with E-state index in [1.165, 1.54) is 7.11 Å². The molecule has 0 aromatic carbocycles. The van der Waals surface area contributed by atoms with Gasteiger partial charge in [0.25, 0.3) is 6.43 Å². The molecule has 0 fully saturated rings. The van der Waals surface area contributed by atoms with Gasteiger partial charge in [0.1, 0.15) is 10.3 Å². The summed E-state index contributed by atoms with van der Waals surface area (Å²) in [6.07, 6.45) is -2.72. The molecule has 0 spiro atoms. The lowest BCUT2D eigenvalue weighted by atomic mass is 10.1. The normalized spacial score (nSPS) is 10.5. The quantitative estimate of drug-likeness (QED) is 0.617. The molecule has 6 heteroatoms. The van der Waals surface area contributed by atoms with E-state index < -0.39 is 18.1 Å². The first kappa shape index (κ1) is 12.0. The second-order valence-electron chi connectivity index (χ2n) is 2.80. The SMILES string of the molecule is COC(=O)c1cc(C(F)F)nc(Br)c1C. The number of hydrogen-bond donors (Lipinski definition) is 0. The molecule has 1 aromatic heterocycles. The molecule has 0 radical (unpaired) electrons. The summed E-state index contributed by atoms with van der Waals surface area (Å²) in [6, 6.07) is 1.04. The number of ether oxygens (including phenoxy) is 1. The number of carbonyl (C=O) groups excluding carboxylic acids is 1. The lowest BCUT2D eigenvalue weighted by Crippen LogP contribution is -2.07. The second kappa shape index (κ2) is 4.65. The molecule has 0 aliphatic carbocycles. The zero-order chi connectivity index (χ0) is 11.6. The van der Waals surface area contributed by atoms with Gasteiger partial charge in [-0.3, -0.25) is 0 Å². The van der Waals surface area contributed by atoms with E-state index >= 15 is 0 Å². The summed E-state index contributed by atoms with van der Waals surface area (Å²) in [5, 5.41) is 0. The van der Waals surface area contributed by atoms with Crippen molar-refractivity contribution in [3.8, 4) is 0 Å². The molecule has 0 atom stereocenters. The number of esters is 1. The highest BCUT2D eigenvalue weighted by atomic mass is 79.9. The molecule has 1 heterocycles. The molecule has 0 saturated carbocycles. The monoisotopic (exact) mass is 279 g/mol. The predicted molar refractivity (Wildman–Crippen MR) is 53.0 cm³/mol. The van der Waals surface area contributed by atoms with Crippen LogP contribution >= 0.6 is 15.9 Å². The van der Waals surface area contributed by atoms with Crippen LogP contribution in [0.4, 0.5) is 8.78 Å². The van der Waals surface area contributed by atoms with Crippen molar-refractivity contribution < 1.29 is 18.3 Å². The topological polar surface area (TPSA) is 39.2 Å². The summed E-state index contributed by atoms with van der Waals surface area (Å²) in [6.45, 7) is 1.60. The Kier molecular flexibility index (Phi) is 3.73. The van der Waals surface area contributed by atoms with Crippen LogP contribution in [0.15, 0.2) is 10.7 Å². The van der Waals surface area contributed by atoms with Crippen LogP contribution < -0.4 is 0 Å². The largest absolute Gasteiger partial charge is 0.465 e. The highest BCUT2D eigenvalue weighted by Gasteiger charge is 2.18. The van der Waals surface area contributed by atoms with Crippen LogP contribution in [-0.4, -0.2) is 18.1 Å². The molecule has 0 aliphatic rings. The van der Waals surface area contributed by atoms with Crippen LogP contribution in [0.1, 0.15) is 28.0 Å². The summed E-state index contributed by atoms with van der Waals surface area (Å²) >= 11 is 3.01. The van der Waals surface area contributed by atoms with Crippen molar-refractivity contribution in [1.29, 1.82) is 0 Å². The molecule has 1 rings (SSSR count). The van der Waals surface area contributed by atoms with E-state index in [4.69, 9.17) is 0 Å². The highest BCUT2D eigenvalue weighted by molar-refractivity contribution is 9.10. The van der Waals surface area contributed by atoms with Gasteiger partial charge in [-0.25, -0.2) is 18.6 Å². The smallest absolute Gasteiger partial charge is 0.338 e. The first-order valence-electron chi connectivity index (χ1n) is 4.01. The third-order valence-electron chi connectivity index (χ3n) is 1.86. The van der Waals surface area contributed by atoms with Crippen LogP contribution in [-0.2, 0) is 4.74 Å². The van der Waals surface area contributed by atoms with Gasteiger partial charge in [0, 0.05) is 0 Å². The number of nitrogens with zero attached hydrogens (tertiary/aromatic N) is 1. The van der Waals surface area contributed by atoms with Crippen molar-refractivity contribution in [1.82, 2.24) is 4.98 Å². The minimum Gasteiger partial charge on any atom is -0.465 e. The molecule has 0 unspecified atom stereocenters. The molecule has 1 aromatic rings. The molecule has 0 saturated heterocycles. The average Bonchev–Trinajstić information content (AvgIpc) is 2.20. The van der Waals surface area contributed by atoms with Crippen LogP contribution in [0.25, 0.3) is 0 Å². The molecule has 15 heavy (non-hydrogen) atoms.